The lowest BCUT2D eigenvalue weighted by molar-refractivity contribution is 0.0721. The van der Waals surface area contributed by atoms with Gasteiger partial charge in [0.1, 0.15) is 30.5 Å². The van der Waals surface area contributed by atoms with Crippen LogP contribution in [-0.4, -0.2) is 11.9 Å². The van der Waals surface area contributed by atoms with Crippen molar-refractivity contribution in [2.45, 2.75) is 13.2 Å². The number of benzene rings is 6. The standard InChI is InChI=1S/C40H29FO6/c41-37-25-33(18-23-38(37)47-40(43)31-16-21-35(22-17-31)45-27-29-10-5-2-6-11-29)32-12-7-13-36(24-32)46-39(42)30-14-19-34(20-15-30)44-26-28-8-3-1-4-9-28/h1-25H,26-27H2. The first-order valence-electron chi connectivity index (χ1n) is 14.9. The molecule has 6 rings (SSSR count). The summed E-state index contributed by atoms with van der Waals surface area (Å²) in [5.74, 6) is -0.639. The quantitative estimate of drug-likeness (QED) is 0.106. The highest BCUT2D eigenvalue weighted by molar-refractivity contribution is 5.92. The molecule has 0 unspecified atom stereocenters. The fourth-order valence-corrected chi connectivity index (χ4v) is 4.68. The molecule has 0 aliphatic rings. The molecule has 0 atom stereocenters. The number of ether oxygens (including phenoxy) is 4. The fourth-order valence-electron chi connectivity index (χ4n) is 4.68. The summed E-state index contributed by atoms with van der Waals surface area (Å²) >= 11 is 0. The van der Waals surface area contributed by atoms with Crippen LogP contribution in [0.5, 0.6) is 23.0 Å². The summed E-state index contributed by atoms with van der Waals surface area (Å²) in [6, 6.07) is 43.7. The summed E-state index contributed by atoms with van der Waals surface area (Å²) < 4.78 is 37.5. The zero-order chi connectivity index (χ0) is 32.4. The molecule has 0 N–H and O–H groups in total. The molecule has 6 aromatic rings. The SMILES string of the molecule is O=C(Oc1cccc(-c2ccc(OC(=O)c3ccc(OCc4ccccc4)cc3)c(F)c2)c1)c1ccc(OCc2ccccc2)cc1. The lowest BCUT2D eigenvalue weighted by Gasteiger charge is -2.10. The zero-order valence-electron chi connectivity index (χ0n) is 25.2. The van der Waals surface area contributed by atoms with Crippen molar-refractivity contribution in [2.75, 3.05) is 0 Å². The lowest BCUT2D eigenvalue weighted by Crippen LogP contribution is -2.09. The highest BCUT2D eigenvalue weighted by atomic mass is 19.1. The van der Waals surface area contributed by atoms with Crippen LogP contribution in [-0.2, 0) is 13.2 Å². The highest BCUT2D eigenvalue weighted by Gasteiger charge is 2.15. The average molecular weight is 625 g/mol. The molecule has 0 aliphatic heterocycles. The molecule has 0 aliphatic carbocycles. The monoisotopic (exact) mass is 624 g/mol. The van der Waals surface area contributed by atoms with E-state index in [4.69, 9.17) is 18.9 Å². The van der Waals surface area contributed by atoms with Crippen molar-refractivity contribution < 1.29 is 32.9 Å². The molecule has 7 heteroatoms. The van der Waals surface area contributed by atoms with Gasteiger partial charge < -0.3 is 18.9 Å². The van der Waals surface area contributed by atoms with Crippen LogP contribution in [0, 0.1) is 5.82 Å². The molecular weight excluding hydrogens is 595 g/mol. The maximum Gasteiger partial charge on any atom is 0.343 e. The van der Waals surface area contributed by atoms with Gasteiger partial charge in [0.05, 0.1) is 11.1 Å². The Morgan fingerprint density at radius 2 is 0.979 bits per heavy atom. The summed E-state index contributed by atoms with van der Waals surface area (Å²) in [5.41, 5.74) is 3.80. The van der Waals surface area contributed by atoms with E-state index in [1.807, 2.05) is 60.7 Å². The van der Waals surface area contributed by atoms with Crippen LogP contribution in [0.15, 0.2) is 152 Å². The number of rotatable bonds is 11. The van der Waals surface area contributed by atoms with E-state index in [0.717, 1.165) is 11.1 Å². The third kappa shape index (κ3) is 8.29. The van der Waals surface area contributed by atoms with Gasteiger partial charge in [-0.2, -0.15) is 0 Å². The van der Waals surface area contributed by atoms with Crippen LogP contribution in [0.1, 0.15) is 31.8 Å². The van der Waals surface area contributed by atoms with Crippen molar-refractivity contribution in [2.24, 2.45) is 0 Å². The minimum atomic E-state index is -0.712. The van der Waals surface area contributed by atoms with Gasteiger partial charge in [-0.1, -0.05) is 78.9 Å². The van der Waals surface area contributed by atoms with E-state index in [2.05, 4.69) is 0 Å². The van der Waals surface area contributed by atoms with Gasteiger partial charge >= 0.3 is 11.9 Å². The number of carbonyl (C=O) groups is 2. The van der Waals surface area contributed by atoms with E-state index >= 15 is 4.39 Å². The Bertz CT molecular complexity index is 1960. The summed E-state index contributed by atoms with van der Waals surface area (Å²) in [7, 11) is 0. The van der Waals surface area contributed by atoms with Gasteiger partial charge in [-0.3, -0.25) is 0 Å². The van der Waals surface area contributed by atoms with Crippen molar-refractivity contribution in [3.8, 4) is 34.1 Å². The molecule has 47 heavy (non-hydrogen) atoms. The smallest absolute Gasteiger partial charge is 0.343 e. The topological polar surface area (TPSA) is 71.1 Å². The van der Waals surface area contributed by atoms with Gasteiger partial charge in [-0.25, -0.2) is 14.0 Å². The molecule has 0 radical (unpaired) electrons. The van der Waals surface area contributed by atoms with E-state index in [1.165, 1.54) is 12.1 Å². The van der Waals surface area contributed by atoms with Gasteiger partial charge in [0.25, 0.3) is 0 Å². The second kappa shape index (κ2) is 14.7. The molecule has 6 aromatic carbocycles. The van der Waals surface area contributed by atoms with Crippen LogP contribution < -0.4 is 18.9 Å². The largest absolute Gasteiger partial charge is 0.489 e. The number of esters is 2. The highest BCUT2D eigenvalue weighted by Crippen LogP contribution is 2.29. The second-order valence-electron chi connectivity index (χ2n) is 10.5. The molecule has 0 aromatic heterocycles. The maximum atomic E-state index is 15.1. The van der Waals surface area contributed by atoms with Crippen molar-refractivity contribution in [3.63, 3.8) is 0 Å². The van der Waals surface area contributed by atoms with E-state index in [0.29, 0.717) is 47.2 Å². The van der Waals surface area contributed by atoms with E-state index in [-0.39, 0.29) is 11.3 Å². The summed E-state index contributed by atoms with van der Waals surface area (Å²) in [4.78, 5) is 25.5. The first-order chi connectivity index (χ1) is 23.0. The summed E-state index contributed by atoms with van der Waals surface area (Å²) in [6.45, 7) is 0.814. The Morgan fingerprint density at radius 3 is 1.51 bits per heavy atom. The van der Waals surface area contributed by atoms with Crippen LogP contribution >= 0.6 is 0 Å². The zero-order valence-corrected chi connectivity index (χ0v) is 25.2. The molecule has 0 heterocycles. The van der Waals surface area contributed by atoms with Gasteiger partial charge in [0.2, 0.25) is 0 Å². The van der Waals surface area contributed by atoms with E-state index in [1.54, 1.807) is 78.9 Å². The molecule has 0 saturated carbocycles. The maximum absolute atomic E-state index is 15.1. The Labute approximate surface area is 271 Å². The molecule has 0 amide bonds. The average Bonchev–Trinajstić information content (AvgIpc) is 3.12. The number of carbonyl (C=O) groups excluding carboxylic acids is 2. The molecular formula is C40H29FO6. The Hall–Kier alpha value is -6.21. The Morgan fingerprint density at radius 1 is 0.468 bits per heavy atom. The van der Waals surface area contributed by atoms with E-state index < -0.39 is 17.8 Å². The minimum Gasteiger partial charge on any atom is -0.489 e. The fraction of sp³-hybridized carbons (Fsp3) is 0.0500. The van der Waals surface area contributed by atoms with Crippen molar-refractivity contribution >= 4 is 11.9 Å². The summed E-state index contributed by atoms with van der Waals surface area (Å²) in [5, 5.41) is 0. The predicted octanol–water partition coefficient (Wildman–Crippen LogP) is 9.09. The van der Waals surface area contributed by atoms with Crippen LogP contribution in [0.2, 0.25) is 0 Å². The van der Waals surface area contributed by atoms with Gasteiger partial charge in [-0.05, 0) is 95.1 Å². The first-order valence-corrected chi connectivity index (χ1v) is 14.9. The molecule has 6 nitrogen and oxygen atoms in total. The molecule has 0 fully saturated rings. The van der Waals surface area contributed by atoms with Crippen LogP contribution in [0.25, 0.3) is 11.1 Å². The normalized spacial score (nSPS) is 10.6. The third-order valence-electron chi connectivity index (χ3n) is 7.19. The molecule has 232 valence electrons. The van der Waals surface area contributed by atoms with Gasteiger partial charge in [0, 0.05) is 0 Å². The first kappa shape index (κ1) is 30.8. The second-order valence-corrected chi connectivity index (χ2v) is 10.5. The predicted molar refractivity (Wildman–Crippen MR) is 176 cm³/mol. The van der Waals surface area contributed by atoms with Gasteiger partial charge in [-0.15, -0.1) is 0 Å². The minimum absolute atomic E-state index is 0.207. The van der Waals surface area contributed by atoms with Crippen LogP contribution in [0.3, 0.4) is 0 Å². The summed E-state index contributed by atoms with van der Waals surface area (Å²) in [6.07, 6.45) is 0. The number of halogens is 1. The van der Waals surface area contributed by atoms with Crippen molar-refractivity contribution in [1.82, 2.24) is 0 Å². The van der Waals surface area contributed by atoms with E-state index in [9.17, 15) is 9.59 Å². The Kier molecular flexibility index (Phi) is 9.64. The number of hydrogen-bond acceptors (Lipinski definition) is 6. The Balaban J connectivity index is 1.04. The molecule has 0 saturated heterocycles. The van der Waals surface area contributed by atoms with Crippen LogP contribution in [0.4, 0.5) is 4.39 Å². The van der Waals surface area contributed by atoms with Gasteiger partial charge in [0.15, 0.2) is 11.6 Å². The lowest BCUT2D eigenvalue weighted by atomic mass is 10.1. The van der Waals surface area contributed by atoms with Crippen molar-refractivity contribution in [1.29, 1.82) is 0 Å². The molecule has 0 spiro atoms. The van der Waals surface area contributed by atoms with Crippen molar-refractivity contribution in [3.05, 3.63) is 180 Å². The number of hydrogen-bond donors (Lipinski definition) is 0. The molecule has 0 bridgehead atoms. The third-order valence-corrected chi connectivity index (χ3v) is 7.19.